The van der Waals surface area contributed by atoms with Crippen molar-refractivity contribution < 1.29 is 14.7 Å². The first-order valence-corrected chi connectivity index (χ1v) is 9.26. The number of amides is 1. The van der Waals surface area contributed by atoms with Crippen LogP contribution < -0.4 is 21.9 Å². The number of anilines is 2. The SMILES string of the molecule is CCCC(NC(=O)c1ccc(CNc2cnc3nc(N)[nH]c(=O)c3n2)cc1)C(=O)O. The number of benzene rings is 1. The molecule has 0 aliphatic rings. The fourth-order valence-electron chi connectivity index (χ4n) is 2.77. The number of hydrogen-bond acceptors (Lipinski definition) is 8. The molecule has 2 aromatic heterocycles. The molecule has 0 saturated heterocycles. The number of nitrogens with two attached hydrogens (primary N) is 1. The van der Waals surface area contributed by atoms with E-state index in [1.54, 1.807) is 24.3 Å². The lowest BCUT2D eigenvalue weighted by Crippen LogP contribution is -2.40. The molecule has 0 radical (unpaired) electrons. The zero-order valence-electron chi connectivity index (χ0n) is 16.2. The Morgan fingerprint density at radius 2 is 1.97 bits per heavy atom. The van der Waals surface area contributed by atoms with E-state index in [9.17, 15) is 14.4 Å². The highest BCUT2D eigenvalue weighted by atomic mass is 16.4. The molecule has 0 saturated carbocycles. The Kier molecular flexibility index (Phi) is 6.20. The smallest absolute Gasteiger partial charge is 0.326 e. The van der Waals surface area contributed by atoms with Crippen molar-refractivity contribution in [1.82, 2.24) is 25.3 Å². The Balaban J connectivity index is 1.64. The van der Waals surface area contributed by atoms with Crippen LogP contribution in [0.25, 0.3) is 11.2 Å². The molecular weight excluding hydrogens is 390 g/mol. The van der Waals surface area contributed by atoms with Crippen molar-refractivity contribution in [3.05, 3.63) is 51.9 Å². The summed E-state index contributed by atoms with van der Waals surface area (Å²) in [5.41, 5.74) is 6.43. The van der Waals surface area contributed by atoms with Gasteiger partial charge in [0.05, 0.1) is 6.20 Å². The summed E-state index contributed by atoms with van der Waals surface area (Å²) in [4.78, 5) is 49.9. The van der Waals surface area contributed by atoms with E-state index in [0.29, 0.717) is 30.8 Å². The number of carbonyl (C=O) groups is 2. The van der Waals surface area contributed by atoms with Crippen molar-refractivity contribution in [3.63, 3.8) is 0 Å². The van der Waals surface area contributed by atoms with Crippen LogP contribution in [0.15, 0.2) is 35.3 Å². The third kappa shape index (κ3) is 4.87. The van der Waals surface area contributed by atoms with Gasteiger partial charge >= 0.3 is 5.97 Å². The van der Waals surface area contributed by atoms with Crippen molar-refractivity contribution in [1.29, 1.82) is 0 Å². The molecule has 1 aromatic carbocycles. The number of rotatable bonds is 8. The average Bonchev–Trinajstić information content (AvgIpc) is 2.72. The highest BCUT2D eigenvalue weighted by molar-refractivity contribution is 5.96. The maximum atomic E-state index is 12.2. The number of nitrogens with one attached hydrogen (secondary N) is 3. The van der Waals surface area contributed by atoms with E-state index >= 15 is 0 Å². The number of carboxylic acid groups (broad SMARTS) is 1. The van der Waals surface area contributed by atoms with Crippen molar-refractivity contribution >= 4 is 34.8 Å². The van der Waals surface area contributed by atoms with E-state index in [1.165, 1.54) is 6.20 Å². The zero-order chi connectivity index (χ0) is 21.7. The maximum Gasteiger partial charge on any atom is 0.326 e. The molecule has 2 heterocycles. The number of aliphatic carboxylic acids is 1. The van der Waals surface area contributed by atoms with Gasteiger partial charge in [-0.05, 0) is 24.1 Å². The molecule has 0 aliphatic heterocycles. The van der Waals surface area contributed by atoms with Gasteiger partial charge in [-0.2, -0.15) is 4.98 Å². The summed E-state index contributed by atoms with van der Waals surface area (Å²) in [5, 5.41) is 14.7. The van der Waals surface area contributed by atoms with E-state index in [2.05, 4.69) is 30.6 Å². The molecule has 0 fully saturated rings. The molecule has 1 unspecified atom stereocenters. The fourth-order valence-corrected chi connectivity index (χ4v) is 2.77. The van der Waals surface area contributed by atoms with Crippen LogP contribution in [0.1, 0.15) is 35.7 Å². The number of aromatic amines is 1. The van der Waals surface area contributed by atoms with E-state index in [4.69, 9.17) is 10.8 Å². The highest BCUT2D eigenvalue weighted by Crippen LogP contribution is 2.11. The van der Waals surface area contributed by atoms with Gasteiger partial charge in [0.2, 0.25) is 5.95 Å². The Morgan fingerprint density at radius 3 is 2.63 bits per heavy atom. The number of fused-ring (bicyclic) bond motifs is 1. The maximum absolute atomic E-state index is 12.2. The van der Waals surface area contributed by atoms with E-state index < -0.39 is 23.5 Å². The lowest BCUT2D eigenvalue weighted by Gasteiger charge is -2.13. The molecule has 0 spiro atoms. The summed E-state index contributed by atoms with van der Waals surface area (Å²) in [6.07, 6.45) is 2.45. The third-order valence-electron chi connectivity index (χ3n) is 4.31. The van der Waals surface area contributed by atoms with Crippen LogP contribution in [0.5, 0.6) is 0 Å². The minimum atomic E-state index is -1.06. The first-order valence-electron chi connectivity index (χ1n) is 9.26. The Morgan fingerprint density at radius 1 is 1.23 bits per heavy atom. The second kappa shape index (κ2) is 8.99. The van der Waals surface area contributed by atoms with Gasteiger partial charge < -0.3 is 21.5 Å². The summed E-state index contributed by atoms with van der Waals surface area (Å²) < 4.78 is 0. The topological polar surface area (TPSA) is 176 Å². The van der Waals surface area contributed by atoms with Crippen LogP contribution in [0.3, 0.4) is 0 Å². The van der Waals surface area contributed by atoms with Gasteiger partial charge in [0.15, 0.2) is 11.2 Å². The van der Waals surface area contributed by atoms with Gasteiger partial charge in [-0.25, -0.2) is 14.8 Å². The molecule has 0 aliphatic carbocycles. The molecule has 3 rings (SSSR count). The van der Waals surface area contributed by atoms with Crippen LogP contribution in [0, 0.1) is 0 Å². The summed E-state index contributed by atoms with van der Waals surface area (Å²) in [6.45, 7) is 2.22. The third-order valence-corrected chi connectivity index (χ3v) is 4.31. The van der Waals surface area contributed by atoms with Gasteiger partial charge in [-0.3, -0.25) is 14.6 Å². The van der Waals surface area contributed by atoms with Crippen LogP contribution in [-0.4, -0.2) is 43.0 Å². The van der Waals surface area contributed by atoms with Gasteiger partial charge in [-0.1, -0.05) is 25.5 Å². The summed E-state index contributed by atoms with van der Waals surface area (Å²) in [6, 6.07) is 5.78. The number of carbonyl (C=O) groups excluding carboxylic acids is 1. The normalized spacial score (nSPS) is 11.8. The molecule has 156 valence electrons. The first-order chi connectivity index (χ1) is 14.4. The lowest BCUT2D eigenvalue weighted by molar-refractivity contribution is -0.139. The van der Waals surface area contributed by atoms with Gasteiger partial charge in [-0.15, -0.1) is 0 Å². The van der Waals surface area contributed by atoms with Crippen molar-refractivity contribution in [2.45, 2.75) is 32.4 Å². The predicted molar refractivity (Wildman–Crippen MR) is 110 cm³/mol. The summed E-state index contributed by atoms with van der Waals surface area (Å²) >= 11 is 0. The number of H-pyrrole nitrogens is 1. The molecule has 11 heteroatoms. The van der Waals surface area contributed by atoms with Gasteiger partial charge in [0.1, 0.15) is 11.9 Å². The zero-order valence-corrected chi connectivity index (χ0v) is 16.2. The largest absolute Gasteiger partial charge is 0.480 e. The molecule has 30 heavy (non-hydrogen) atoms. The predicted octanol–water partition coefficient (Wildman–Crippen LogP) is 0.891. The molecule has 0 bridgehead atoms. The van der Waals surface area contributed by atoms with E-state index in [0.717, 1.165) is 5.56 Å². The lowest BCUT2D eigenvalue weighted by atomic mass is 10.1. The molecule has 1 amide bonds. The molecule has 11 nitrogen and oxygen atoms in total. The number of carboxylic acids is 1. The van der Waals surface area contributed by atoms with E-state index in [-0.39, 0.29) is 17.1 Å². The fraction of sp³-hybridized carbons (Fsp3) is 0.263. The molecular formula is C19H21N7O4. The minimum Gasteiger partial charge on any atom is -0.480 e. The quantitative estimate of drug-likeness (QED) is 0.360. The Hall–Kier alpha value is -4.02. The Labute approximate surface area is 170 Å². The number of nitrogen functional groups attached to an aromatic ring is 1. The van der Waals surface area contributed by atoms with Gasteiger partial charge in [0.25, 0.3) is 11.5 Å². The minimum absolute atomic E-state index is 0.0315. The second-order valence-corrected chi connectivity index (χ2v) is 6.58. The first kappa shape index (κ1) is 20.7. The monoisotopic (exact) mass is 411 g/mol. The Bertz CT molecular complexity index is 1130. The van der Waals surface area contributed by atoms with Crippen molar-refractivity contribution in [2.24, 2.45) is 0 Å². The van der Waals surface area contributed by atoms with Gasteiger partial charge in [0, 0.05) is 12.1 Å². The molecule has 6 N–H and O–H groups in total. The molecule has 1 atom stereocenters. The second-order valence-electron chi connectivity index (χ2n) is 6.58. The van der Waals surface area contributed by atoms with Crippen molar-refractivity contribution in [2.75, 3.05) is 11.1 Å². The van der Waals surface area contributed by atoms with Crippen molar-refractivity contribution in [3.8, 4) is 0 Å². The molecule has 3 aromatic rings. The summed E-state index contributed by atoms with van der Waals surface area (Å²) in [5.74, 6) is -1.15. The number of hydrogen-bond donors (Lipinski definition) is 5. The van der Waals surface area contributed by atoms with Crippen LogP contribution >= 0.6 is 0 Å². The van der Waals surface area contributed by atoms with Crippen LogP contribution in [0.4, 0.5) is 11.8 Å². The highest BCUT2D eigenvalue weighted by Gasteiger charge is 2.19. The number of nitrogens with zero attached hydrogens (tertiary/aromatic N) is 3. The summed E-state index contributed by atoms with van der Waals surface area (Å²) in [7, 11) is 0. The number of aromatic nitrogens is 4. The average molecular weight is 411 g/mol. The standard InChI is InChI=1S/C19H21N7O4/c1-2-3-12(18(29)30)23-16(27)11-6-4-10(5-7-11)8-21-13-9-22-15-14(24-13)17(28)26-19(20)25-15/h4-7,9,12H,2-3,8H2,1H3,(H,21,24)(H,23,27)(H,29,30)(H3,20,22,25,26,28). The van der Waals surface area contributed by atoms with Crippen LogP contribution in [-0.2, 0) is 11.3 Å². The van der Waals surface area contributed by atoms with E-state index in [1.807, 2.05) is 6.92 Å². The van der Waals surface area contributed by atoms with Crippen LogP contribution in [0.2, 0.25) is 0 Å².